The zero-order chi connectivity index (χ0) is 19.5. The molecule has 0 bridgehead atoms. The molecule has 0 aliphatic carbocycles. The Balaban J connectivity index is 1.57. The summed E-state index contributed by atoms with van der Waals surface area (Å²) in [4.78, 5) is 21.4. The van der Waals surface area contributed by atoms with Crippen LogP contribution in [0.3, 0.4) is 0 Å². The fourth-order valence-corrected chi connectivity index (χ4v) is 4.38. The van der Waals surface area contributed by atoms with Crippen molar-refractivity contribution in [1.29, 1.82) is 0 Å². The van der Waals surface area contributed by atoms with E-state index in [0.717, 1.165) is 19.0 Å². The van der Waals surface area contributed by atoms with Gasteiger partial charge in [0.1, 0.15) is 17.3 Å². The molecule has 1 aromatic carbocycles. The number of amides is 1. The van der Waals surface area contributed by atoms with E-state index in [2.05, 4.69) is 9.89 Å². The van der Waals surface area contributed by atoms with E-state index >= 15 is 0 Å². The summed E-state index contributed by atoms with van der Waals surface area (Å²) >= 11 is 1.24. The number of likely N-dealkylation sites (N-methyl/N-ethyl adjacent to an activating group) is 1. The highest BCUT2D eigenvalue weighted by atomic mass is 32.2. The van der Waals surface area contributed by atoms with Gasteiger partial charge < -0.3 is 9.32 Å². The topological polar surface area (TPSA) is 49.1 Å². The van der Waals surface area contributed by atoms with Crippen molar-refractivity contribution in [2.75, 3.05) is 24.5 Å². The van der Waals surface area contributed by atoms with Crippen molar-refractivity contribution in [3.8, 4) is 0 Å². The van der Waals surface area contributed by atoms with Crippen molar-refractivity contribution in [3.63, 3.8) is 0 Å². The van der Waals surface area contributed by atoms with Gasteiger partial charge in [0.15, 0.2) is 11.1 Å². The minimum absolute atomic E-state index is 0.140. The molecule has 7 heteroatoms. The Hall–Kier alpha value is -2.54. The molecule has 0 unspecified atom stereocenters. The van der Waals surface area contributed by atoms with Crippen molar-refractivity contribution in [1.82, 2.24) is 4.90 Å². The molecule has 2 aliphatic rings. The lowest BCUT2D eigenvalue weighted by molar-refractivity contribution is -0.122. The van der Waals surface area contributed by atoms with Gasteiger partial charge in [-0.25, -0.2) is 9.38 Å². The molecule has 4 rings (SSSR count). The summed E-state index contributed by atoms with van der Waals surface area (Å²) in [7, 11) is 0. The van der Waals surface area contributed by atoms with Gasteiger partial charge in [-0.2, -0.15) is 0 Å². The Morgan fingerprint density at radius 2 is 1.96 bits per heavy atom. The molecule has 2 aliphatic heterocycles. The number of carbonyl (C=O) groups is 1. The molecule has 1 amide bonds. The lowest BCUT2D eigenvalue weighted by Crippen LogP contribution is -2.28. The summed E-state index contributed by atoms with van der Waals surface area (Å²) in [5, 5.41) is 0.478. The highest BCUT2D eigenvalue weighted by Gasteiger charge is 2.32. The van der Waals surface area contributed by atoms with Crippen LogP contribution in [0.1, 0.15) is 31.9 Å². The molecular formula is C21H22FN3O2S. The molecule has 0 saturated carbocycles. The van der Waals surface area contributed by atoms with Crippen molar-refractivity contribution < 1.29 is 13.6 Å². The molecule has 2 aromatic rings. The van der Waals surface area contributed by atoms with Crippen molar-refractivity contribution in [2.24, 2.45) is 4.99 Å². The number of furan rings is 1. The number of hydrogen-bond acceptors (Lipinski definition) is 5. The van der Waals surface area contributed by atoms with Gasteiger partial charge >= 0.3 is 0 Å². The number of piperidine rings is 1. The van der Waals surface area contributed by atoms with Gasteiger partial charge in [0, 0.05) is 31.8 Å². The van der Waals surface area contributed by atoms with E-state index in [1.54, 1.807) is 29.2 Å². The molecule has 28 heavy (non-hydrogen) atoms. The second-order valence-corrected chi connectivity index (χ2v) is 7.74. The zero-order valence-electron chi connectivity index (χ0n) is 15.7. The number of anilines is 1. The van der Waals surface area contributed by atoms with E-state index in [-0.39, 0.29) is 11.6 Å². The van der Waals surface area contributed by atoms with E-state index < -0.39 is 5.82 Å². The van der Waals surface area contributed by atoms with E-state index in [0.29, 0.717) is 22.4 Å². The van der Waals surface area contributed by atoms with E-state index in [1.165, 1.54) is 37.1 Å². The first-order valence-corrected chi connectivity index (χ1v) is 10.4. The molecule has 0 spiro atoms. The van der Waals surface area contributed by atoms with Crippen LogP contribution in [0.15, 0.2) is 50.7 Å². The van der Waals surface area contributed by atoms with Gasteiger partial charge in [-0.1, -0.05) is 12.1 Å². The summed E-state index contributed by atoms with van der Waals surface area (Å²) in [5.41, 5.74) is 0.225. The molecule has 1 aromatic heterocycles. The maximum atomic E-state index is 13.9. The van der Waals surface area contributed by atoms with Crippen molar-refractivity contribution in [3.05, 3.63) is 52.9 Å². The first-order valence-electron chi connectivity index (χ1n) is 9.55. The maximum Gasteiger partial charge on any atom is 0.266 e. The average Bonchev–Trinajstić information content (AvgIpc) is 3.29. The molecule has 2 saturated heterocycles. The van der Waals surface area contributed by atoms with E-state index in [9.17, 15) is 9.18 Å². The van der Waals surface area contributed by atoms with Gasteiger partial charge in [0.2, 0.25) is 0 Å². The Kier molecular flexibility index (Phi) is 5.52. The van der Waals surface area contributed by atoms with Crippen molar-refractivity contribution in [2.45, 2.75) is 26.2 Å². The second kappa shape index (κ2) is 8.22. The third-order valence-corrected chi connectivity index (χ3v) is 5.83. The molecule has 0 radical (unpaired) electrons. The molecule has 146 valence electrons. The lowest BCUT2D eigenvalue weighted by Gasteiger charge is -2.25. The van der Waals surface area contributed by atoms with E-state index in [1.807, 2.05) is 19.1 Å². The van der Waals surface area contributed by atoms with Crippen LogP contribution >= 0.6 is 11.8 Å². The fraction of sp³-hybridized carbons (Fsp3) is 0.333. The Morgan fingerprint density at radius 3 is 2.71 bits per heavy atom. The average molecular weight is 399 g/mol. The smallest absolute Gasteiger partial charge is 0.266 e. The lowest BCUT2D eigenvalue weighted by atomic mass is 10.1. The van der Waals surface area contributed by atoms with Crippen LogP contribution in [-0.4, -0.2) is 35.6 Å². The van der Waals surface area contributed by atoms with Crippen molar-refractivity contribution >= 4 is 40.5 Å². The first kappa shape index (κ1) is 18.8. The molecule has 0 N–H and O–H groups in total. The summed E-state index contributed by atoms with van der Waals surface area (Å²) in [5.74, 6) is 0.932. The first-order chi connectivity index (χ1) is 13.7. The van der Waals surface area contributed by atoms with Gasteiger partial charge in [0.25, 0.3) is 5.91 Å². The van der Waals surface area contributed by atoms with Crippen LogP contribution in [0, 0.1) is 5.82 Å². The number of nitrogens with zero attached hydrogens (tertiary/aromatic N) is 3. The van der Waals surface area contributed by atoms with Gasteiger partial charge in [-0.15, -0.1) is 0 Å². The van der Waals surface area contributed by atoms with Crippen LogP contribution in [-0.2, 0) is 4.79 Å². The van der Waals surface area contributed by atoms with E-state index in [4.69, 9.17) is 4.42 Å². The van der Waals surface area contributed by atoms with Gasteiger partial charge in [0.05, 0.1) is 4.91 Å². The summed E-state index contributed by atoms with van der Waals surface area (Å²) in [6.45, 7) is 4.34. The summed E-state index contributed by atoms with van der Waals surface area (Å²) in [6, 6.07) is 10.1. The molecule has 2 fully saturated rings. The third kappa shape index (κ3) is 3.85. The quantitative estimate of drug-likeness (QED) is 0.677. The number of hydrogen-bond donors (Lipinski definition) is 0. The van der Waals surface area contributed by atoms with Crippen LogP contribution in [0.5, 0.6) is 0 Å². The molecular weight excluding hydrogens is 377 g/mol. The third-order valence-electron chi connectivity index (χ3n) is 4.83. The van der Waals surface area contributed by atoms with Gasteiger partial charge in [-0.3, -0.25) is 9.69 Å². The fourth-order valence-electron chi connectivity index (χ4n) is 3.35. The molecule has 5 nitrogen and oxygen atoms in total. The number of thioether (sulfide) groups is 1. The number of para-hydroxylation sites is 1. The molecule has 3 heterocycles. The number of amidine groups is 1. The van der Waals surface area contributed by atoms with Gasteiger partial charge in [-0.05, 0) is 56.1 Å². The predicted octanol–water partition coefficient (Wildman–Crippen LogP) is 5.03. The molecule has 0 atom stereocenters. The number of benzene rings is 1. The van der Waals surface area contributed by atoms with Crippen LogP contribution < -0.4 is 4.90 Å². The second-order valence-electron chi connectivity index (χ2n) is 6.73. The van der Waals surface area contributed by atoms with Crippen LogP contribution in [0.2, 0.25) is 0 Å². The number of halogens is 1. The number of aliphatic imine (C=N–C) groups is 1. The number of rotatable bonds is 4. The summed E-state index contributed by atoms with van der Waals surface area (Å²) < 4.78 is 19.9. The van der Waals surface area contributed by atoms with Crippen LogP contribution in [0.4, 0.5) is 16.0 Å². The Bertz CT molecular complexity index is 931. The minimum atomic E-state index is -0.409. The maximum absolute atomic E-state index is 13.9. The Labute approximate surface area is 167 Å². The normalized spacial score (nSPS) is 20.6. The minimum Gasteiger partial charge on any atom is -0.441 e. The largest absolute Gasteiger partial charge is 0.441 e. The SMILES string of the molecule is CCN1C(=O)/C(=C\c2ccc(N3CCCCC3)o2)SC1=Nc1ccccc1F. The monoisotopic (exact) mass is 399 g/mol. The highest BCUT2D eigenvalue weighted by Crippen LogP contribution is 2.35. The highest BCUT2D eigenvalue weighted by molar-refractivity contribution is 8.18. The Morgan fingerprint density at radius 1 is 1.18 bits per heavy atom. The standard InChI is InChI=1S/C21H22FN3O2S/c1-2-25-20(26)18(28-21(25)23-17-9-5-4-8-16(17)22)14-15-10-11-19(27-15)24-12-6-3-7-13-24/h4-5,8-11,14H,2-3,6-7,12-13H2,1H3/b18-14+,23-21?. The zero-order valence-corrected chi connectivity index (χ0v) is 16.5. The number of carbonyl (C=O) groups excluding carboxylic acids is 1. The van der Waals surface area contributed by atoms with Crippen LogP contribution in [0.25, 0.3) is 6.08 Å². The predicted molar refractivity (Wildman–Crippen MR) is 111 cm³/mol. The summed E-state index contributed by atoms with van der Waals surface area (Å²) in [6.07, 6.45) is 5.35.